The Bertz CT molecular complexity index is 546. The highest BCUT2D eigenvalue weighted by molar-refractivity contribution is 5.30. The van der Waals surface area contributed by atoms with E-state index in [2.05, 4.69) is 53.4 Å². The van der Waals surface area contributed by atoms with Crippen LogP contribution >= 0.6 is 0 Å². The summed E-state index contributed by atoms with van der Waals surface area (Å²) < 4.78 is 0. The number of aryl methyl sites for hydroxylation is 1. The van der Waals surface area contributed by atoms with Crippen LogP contribution in [0.15, 0.2) is 36.7 Å². The van der Waals surface area contributed by atoms with Crippen LogP contribution in [-0.2, 0) is 6.42 Å². The molecular weight excluding hydrogens is 246 g/mol. The molecule has 1 aromatic carbocycles. The maximum absolute atomic E-state index is 4.44. The fourth-order valence-electron chi connectivity index (χ4n) is 2.37. The van der Waals surface area contributed by atoms with Gasteiger partial charge >= 0.3 is 0 Å². The molecule has 0 bridgehead atoms. The van der Waals surface area contributed by atoms with Crippen molar-refractivity contribution in [1.29, 1.82) is 0 Å². The number of hydrogen-bond donors (Lipinski definition) is 1. The molecule has 1 atom stereocenters. The summed E-state index contributed by atoms with van der Waals surface area (Å²) in [5, 5.41) is 3.31. The third-order valence-corrected chi connectivity index (χ3v) is 3.28. The highest BCUT2D eigenvalue weighted by Gasteiger charge is 2.15. The maximum Gasteiger partial charge on any atom is 0.149 e. The van der Waals surface area contributed by atoms with Gasteiger partial charge in [0, 0.05) is 12.4 Å². The van der Waals surface area contributed by atoms with Gasteiger partial charge in [-0.25, -0.2) is 9.97 Å². The van der Waals surface area contributed by atoms with Crippen molar-refractivity contribution in [3.8, 4) is 0 Å². The second-order valence-electron chi connectivity index (χ2n) is 5.68. The predicted molar refractivity (Wildman–Crippen MR) is 82.7 cm³/mol. The zero-order chi connectivity index (χ0) is 14.5. The van der Waals surface area contributed by atoms with Crippen LogP contribution < -0.4 is 5.32 Å². The first-order chi connectivity index (χ1) is 9.60. The lowest BCUT2D eigenvalue weighted by molar-refractivity contribution is 0.632. The quantitative estimate of drug-likeness (QED) is 0.905. The number of nitrogens with zero attached hydrogens (tertiary/aromatic N) is 2. The molecule has 0 spiro atoms. The molecule has 2 rings (SSSR count). The molecule has 1 heterocycles. The van der Waals surface area contributed by atoms with Gasteiger partial charge in [0.2, 0.25) is 0 Å². The van der Waals surface area contributed by atoms with Gasteiger partial charge in [0.15, 0.2) is 0 Å². The van der Waals surface area contributed by atoms with Crippen LogP contribution in [0, 0.1) is 12.8 Å². The summed E-state index contributed by atoms with van der Waals surface area (Å²) in [4.78, 5) is 8.89. The molecule has 1 unspecified atom stereocenters. The Labute approximate surface area is 121 Å². The zero-order valence-corrected chi connectivity index (χ0v) is 12.7. The number of rotatable bonds is 5. The van der Waals surface area contributed by atoms with Crippen LogP contribution in [0.5, 0.6) is 0 Å². The molecule has 0 aliphatic heterocycles. The number of hydrogen-bond acceptors (Lipinski definition) is 3. The molecule has 1 N–H and O–H groups in total. The van der Waals surface area contributed by atoms with Crippen molar-refractivity contribution in [3.05, 3.63) is 59.2 Å². The Hall–Kier alpha value is -1.74. The Morgan fingerprint density at radius 2 is 1.85 bits per heavy atom. The van der Waals surface area contributed by atoms with Crippen LogP contribution in [-0.4, -0.2) is 17.0 Å². The lowest BCUT2D eigenvalue weighted by Gasteiger charge is -2.16. The largest absolute Gasteiger partial charge is 0.307 e. The average molecular weight is 269 g/mol. The van der Waals surface area contributed by atoms with Crippen LogP contribution in [0.3, 0.4) is 0 Å². The van der Waals surface area contributed by atoms with Crippen molar-refractivity contribution >= 4 is 0 Å². The minimum atomic E-state index is 0.0442. The van der Waals surface area contributed by atoms with E-state index < -0.39 is 0 Å². The Kier molecular flexibility index (Phi) is 4.85. The number of nitrogens with one attached hydrogen (secondary N) is 1. The van der Waals surface area contributed by atoms with Crippen LogP contribution in [0.4, 0.5) is 0 Å². The third kappa shape index (κ3) is 3.64. The topological polar surface area (TPSA) is 37.8 Å². The highest BCUT2D eigenvalue weighted by Crippen LogP contribution is 2.20. The van der Waals surface area contributed by atoms with Crippen LogP contribution in [0.2, 0.25) is 0 Å². The molecule has 3 nitrogen and oxygen atoms in total. The smallest absolute Gasteiger partial charge is 0.149 e. The van der Waals surface area contributed by atoms with E-state index >= 15 is 0 Å². The molecule has 0 saturated heterocycles. The SMILES string of the molecule is CNC(c1cccc(CC(C)C)c1)c1ncc(C)cn1. The molecule has 3 heteroatoms. The van der Waals surface area contributed by atoms with Crippen molar-refractivity contribution < 1.29 is 0 Å². The standard InChI is InChI=1S/C17H23N3/c1-12(2)8-14-6-5-7-15(9-14)16(18-4)17-19-10-13(3)11-20-17/h5-7,9-12,16,18H,8H2,1-4H3. The second-order valence-corrected chi connectivity index (χ2v) is 5.68. The molecular formula is C17H23N3. The van der Waals surface area contributed by atoms with E-state index in [-0.39, 0.29) is 6.04 Å². The average Bonchev–Trinajstić information content (AvgIpc) is 2.41. The van der Waals surface area contributed by atoms with Gasteiger partial charge in [0.25, 0.3) is 0 Å². The minimum Gasteiger partial charge on any atom is -0.307 e. The molecule has 20 heavy (non-hydrogen) atoms. The highest BCUT2D eigenvalue weighted by atomic mass is 15.0. The van der Waals surface area contributed by atoms with Gasteiger partial charge in [0.1, 0.15) is 5.82 Å². The van der Waals surface area contributed by atoms with Crippen molar-refractivity contribution in [2.24, 2.45) is 5.92 Å². The van der Waals surface area contributed by atoms with Crippen LogP contribution in [0.1, 0.15) is 42.4 Å². The Balaban J connectivity index is 2.29. The lowest BCUT2D eigenvalue weighted by Crippen LogP contribution is -2.20. The van der Waals surface area contributed by atoms with Gasteiger partial charge in [0.05, 0.1) is 6.04 Å². The fraction of sp³-hybridized carbons (Fsp3) is 0.412. The molecule has 0 fully saturated rings. The summed E-state index contributed by atoms with van der Waals surface area (Å²) in [6.45, 7) is 6.48. The Morgan fingerprint density at radius 3 is 2.45 bits per heavy atom. The summed E-state index contributed by atoms with van der Waals surface area (Å²) >= 11 is 0. The molecule has 106 valence electrons. The normalized spacial score (nSPS) is 12.7. The monoisotopic (exact) mass is 269 g/mol. The molecule has 0 radical (unpaired) electrons. The summed E-state index contributed by atoms with van der Waals surface area (Å²) in [7, 11) is 1.95. The fourth-order valence-corrected chi connectivity index (χ4v) is 2.37. The summed E-state index contributed by atoms with van der Waals surface area (Å²) in [5.41, 5.74) is 3.66. The van der Waals surface area contributed by atoms with Gasteiger partial charge in [-0.2, -0.15) is 0 Å². The van der Waals surface area contributed by atoms with E-state index in [1.165, 1.54) is 11.1 Å². The van der Waals surface area contributed by atoms with Gasteiger partial charge in [-0.1, -0.05) is 38.1 Å². The maximum atomic E-state index is 4.44. The predicted octanol–water partition coefficient (Wildman–Crippen LogP) is 3.29. The second kappa shape index (κ2) is 6.62. The molecule has 1 aromatic heterocycles. The van der Waals surface area contributed by atoms with Crippen molar-refractivity contribution in [2.45, 2.75) is 33.2 Å². The van der Waals surface area contributed by atoms with Gasteiger partial charge in [-0.3, -0.25) is 0 Å². The molecule has 0 amide bonds. The van der Waals surface area contributed by atoms with Crippen LogP contribution in [0.25, 0.3) is 0 Å². The van der Waals surface area contributed by atoms with E-state index in [4.69, 9.17) is 0 Å². The summed E-state index contributed by atoms with van der Waals surface area (Å²) in [5.74, 6) is 1.48. The number of benzene rings is 1. The molecule has 0 aliphatic carbocycles. The van der Waals surface area contributed by atoms with Gasteiger partial charge in [-0.15, -0.1) is 0 Å². The summed E-state index contributed by atoms with van der Waals surface area (Å²) in [6, 6.07) is 8.74. The minimum absolute atomic E-state index is 0.0442. The van der Waals surface area contributed by atoms with Crippen molar-refractivity contribution in [2.75, 3.05) is 7.05 Å². The van der Waals surface area contributed by atoms with E-state index in [1.807, 2.05) is 26.4 Å². The van der Waals surface area contributed by atoms with E-state index in [0.29, 0.717) is 5.92 Å². The first-order valence-electron chi connectivity index (χ1n) is 7.14. The zero-order valence-electron chi connectivity index (χ0n) is 12.7. The van der Waals surface area contributed by atoms with E-state index in [0.717, 1.165) is 17.8 Å². The van der Waals surface area contributed by atoms with E-state index in [1.54, 1.807) is 0 Å². The first kappa shape index (κ1) is 14.7. The van der Waals surface area contributed by atoms with Gasteiger partial charge in [-0.05, 0) is 43.0 Å². The first-order valence-corrected chi connectivity index (χ1v) is 7.14. The van der Waals surface area contributed by atoms with Gasteiger partial charge < -0.3 is 5.32 Å². The lowest BCUT2D eigenvalue weighted by atomic mass is 9.98. The third-order valence-electron chi connectivity index (χ3n) is 3.28. The Morgan fingerprint density at radius 1 is 1.15 bits per heavy atom. The molecule has 0 aliphatic rings. The van der Waals surface area contributed by atoms with E-state index in [9.17, 15) is 0 Å². The molecule has 2 aromatic rings. The molecule has 0 saturated carbocycles. The van der Waals surface area contributed by atoms with Crippen molar-refractivity contribution in [3.63, 3.8) is 0 Å². The number of aromatic nitrogens is 2. The summed E-state index contributed by atoms with van der Waals surface area (Å²) in [6.07, 6.45) is 4.83. The van der Waals surface area contributed by atoms with Crippen molar-refractivity contribution in [1.82, 2.24) is 15.3 Å².